The van der Waals surface area contributed by atoms with Gasteiger partial charge in [0.1, 0.15) is 0 Å². The zero-order chi connectivity index (χ0) is 9.84. The summed E-state index contributed by atoms with van der Waals surface area (Å²) in [6.07, 6.45) is 2.67. The Morgan fingerprint density at radius 1 is 1.46 bits per heavy atom. The quantitative estimate of drug-likeness (QED) is 0.716. The van der Waals surface area contributed by atoms with Crippen molar-refractivity contribution in [1.82, 2.24) is 5.32 Å². The van der Waals surface area contributed by atoms with Crippen molar-refractivity contribution in [2.75, 3.05) is 7.11 Å². The van der Waals surface area contributed by atoms with E-state index in [2.05, 4.69) is 10.1 Å². The molecule has 1 amide bonds. The topological polar surface area (TPSA) is 55.4 Å². The second kappa shape index (κ2) is 4.25. The highest BCUT2D eigenvalue weighted by Crippen LogP contribution is 2.29. The van der Waals surface area contributed by atoms with Gasteiger partial charge in [0.2, 0.25) is 0 Å². The van der Waals surface area contributed by atoms with E-state index in [1.54, 1.807) is 0 Å². The fourth-order valence-electron chi connectivity index (χ4n) is 1.51. The molecule has 0 heterocycles. The van der Waals surface area contributed by atoms with Crippen molar-refractivity contribution in [1.29, 1.82) is 0 Å². The Labute approximate surface area is 77.6 Å². The van der Waals surface area contributed by atoms with Gasteiger partial charge in [-0.05, 0) is 25.7 Å². The number of nitrogens with one attached hydrogen (secondary N) is 1. The summed E-state index contributed by atoms with van der Waals surface area (Å²) in [7, 11) is 1.30. The summed E-state index contributed by atoms with van der Waals surface area (Å²) in [6.45, 7) is 1.50. The molecule has 0 aromatic carbocycles. The van der Waals surface area contributed by atoms with Gasteiger partial charge in [0.15, 0.2) is 5.78 Å². The smallest absolute Gasteiger partial charge is 0.407 e. The average molecular weight is 185 g/mol. The number of ketones is 1. The maximum Gasteiger partial charge on any atom is 0.407 e. The van der Waals surface area contributed by atoms with Crippen LogP contribution in [0, 0.1) is 5.92 Å². The number of Topliss-reactive ketones (excluding diaryl/α,β-unsaturated/α-hetero) is 1. The molecule has 0 radical (unpaired) electrons. The van der Waals surface area contributed by atoms with Crippen LogP contribution in [0.3, 0.4) is 0 Å². The van der Waals surface area contributed by atoms with Gasteiger partial charge in [0.05, 0.1) is 13.2 Å². The van der Waals surface area contributed by atoms with Gasteiger partial charge in [0, 0.05) is 0 Å². The lowest BCUT2D eigenvalue weighted by Crippen LogP contribution is -2.47. The van der Waals surface area contributed by atoms with Crippen molar-refractivity contribution in [3.8, 4) is 0 Å². The highest BCUT2D eigenvalue weighted by atomic mass is 16.5. The molecule has 1 fully saturated rings. The van der Waals surface area contributed by atoms with Crippen LogP contribution < -0.4 is 5.32 Å². The number of ether oxygens (including phenoxy) is 1. The zero-order valence-electron chi connectivity index (χ0n) is 8.00. The molecule has 74 valence electrons. The van der Waals surface area contributed by atoms with Crippen LogP contribution >= 0.6 is 0 Å². The Bertz CT molecular complexity index is 211. The Kier molecular flexibility index (Phi) is 3.28. The number of alkyl carbamates (subject to hydrolysis) is 1. The first-order chi connectivity index (χ1) is 6.15. The van der Waals surface area contributed by atoms with E-state index in [0.717, 1.165) is 19.3 Å². The van der Waals surface area contributed by atoms with Gasteiger partial charge in [-0.1, -0.05) is 6.42 Å². The SMILES string of the molecule is COC(=O)N[C@H](C(C)=O)C1CCC1. The summed E-state index contributed by atoms with van der Waals surface area (Å²) >= 11 is 0. The first-order valence-corrected chi connectivity index (χ1v) is 4.50. The minimum Gasteiger partial charge on any atom is -0.453 e. The van der Waals surface area contributed by atoms with Gasteiger partial charge in [-0.2, -0.15) is 0 Å². The molecule has 0 aliphatic heterocycles. The van der Waals surface area contributed by atoms with Crippen molar-refractivity contribution in [2.24, 2.45) is 5.92 Å². The molecule has 1 aliphatic rings. The number of hydrogen-bond donors (Lipinski definition) is 1. The molecular weight excluding hydrogens is 170 g/mol. The van der Waals surface area contributed by atoms with Crippen LogP contribution in [0.5, 0.6) is 0 Å². The van der Waals surface area contributed by atoms with Gasteiger partial charge in [-0.25, -0.2) is 4.79 Å². The number of carbonyl (C=O) groups is 2. The first kappa shape index (κ1) is 10.0. The molecule has 1 rings (SSSR count). The lowest BCUT2D eigenvalue weighted by atomic mass is 9.78. The number of carbonyl (C=O) groups excluding carboxylic acids is 2. The van der Waals surface area contributed by atoms with Crippen LogP contribution in [0.4, 0.5) is 4.79 Å². The third-order valence-corrected chi connectivity index (χ3v) is 2.52. The van der Waals surface area contributed by atoms with Crippen molar-refractivity contribution in [3.63, 3.8) is 0 Å². The third-order valence-electron chi connectivity index (χ3n) is 2.52. The van der Waals surface area contributed by atoms with Gasteiger partial charge in [-0.3, -0.25) is 4.79 Å². The monoisotopic (exact) mass is 185 g/mol. The highest BCUT2D eigenvalue weighted by Gasteiger charge is 2.31. The molecule has 0 aromatic rings. The van der Waals surface area contributed by atoms with Crippen LogP contribution in [0.15, 0.2) is 0 Å². The molecule has 0 aromatic heterocycles. The number of hydrogen-bond acceptors (Lipinski definition) is 3. The van der Waals surface area contributed by atoms with Gasteiger partial charge in [0.25, 0.3) is 0 Å². The predicted octanol–water partition coefficient (Wildman–Crippen LogP) is 1.10. The molecule has 4 heteroatoms. The van der Waals surface area contributed by atoms with E-state index in [9.17, 15) is 9.59 Å². The van der Waals surface area contributed by atoms with E-state index in [4.69, 9.17) is 0 Å². The summed E-state index contributed by atoms with van der Waals surface area (Å²) < 4.78 is 4.45. The van der Waals surface area contributed by atoms with E-state index in [1.165, 1.54) is 14.0 Å². The van der Waals surface area contributed by atoms with Gasteiger partial charge >= 0.3 is 6.09 Å². The molecule has 0 spiro atoms. The second-order valence-electron chi connectivity index (χ2n) is 3.42. The predicted molar refractivity (Wildman–Crippen MR) is 47.4 cm³/mol. The van der Waals surface area contributed by atoms with Gasteiger partial charge in [-0.15, -0.1) is 0 Å². The minimum absolute atomic E-state index is 0.00935. The molecule has 4 nitrogen and oxygen atoms in total. The Morgan fingerprint density at radius 2 is 2.08 bits per heavy atom. The largest absolute Gasteiger partial charge is 0.453 e. The van der Waals surface area contributed by atoms with Crippen LogP contribution in [0.1, 0.15) is 26.2 Å². The number of rotatable bonds is 3. The van der Waals surface area contributed by atoms with E-state index in [0.29, 0.717) is 5.92 Å². The van der Waals surface area contributed by atoms with E-state index in [-0.39, 0.29) is 11.8 Å². The van der Waals surface area contributed by atoms with E-state index in [1.807, 2.05) is 0 Å². The normalized spacial score (nSPS) is 18.6. The molecule has 13 heavy (non-hydrogen) atoms. The number of methoxy groups -OCH3 is 1. The molecule has 0 unspecified atom stereocenters. The zero-order valence-corrected chi connectivity index (χ0v) is 8.00. The van der Waals surface area contributed by atoms with Crippen LogP contribution in [0.2, 0.25) is 0 Å². The summed E-state index contributed by atoms with van der Waals surface area (Å²) in [6, 6.07) is -0.346. The number of amides is 1. The average Bonchev–Trinajstić information content (AvgIpc) is 1.99. The Balaban J connectivity index is 2.46. The molecule has 1 aliphatic carbocycles. The molecule has 0 bridgehead atoms. The van der Waals surface area contributed by atoms with Crippen LogP contribution in [0.25, 0.3) is 0 Å². The van der Waals surface area contributed by atoms with Crippen molar-refractivity contribution in [2.45, 2.75) is 32.2 Å². The lowest BCUT2D eigenvalue weighted by molar-refractivity contribution is -0.120. The van der Waals surface area contributed by atoms with Gasteiger partial charge < -0.3 is 10.1 Å². The molecule has 0 saturated heterocycles. The van der Waals surface area contributed by atoms with Crippen molar-refractivity contribution in [3.05, 3.63) is 0 Å². The fraction of sp³-hybridized carbons (Fsp3) is 0.778. The molecule has 1 saturated carbocycles. The Hall–Kier alpha value is -1.06. The van der Waals surface area contributed by atoms with Crippen molar-refractivity contribution < 1.29 is 14.3 Å². The molecule has 1 N–H and O–H groups in total. The first-order valence-electron chi connectivity index (χ1n) is 4.50. The second-order valence-corrected chi connectivity index (χ2v) is 3.42. The highest BCUT2D eigenvalue weighted by molar-refractivity contribution is 5.85. The maximum absolute atomic E-state index is 11.2. The summed E-state index contributed by atoms with van der Waals surface area (Å²) in [5.74, 6) is 0.326. The summed E-state index contributed by atoms with van der Waals surface area (Å²) in [4.78, 5) is 22.0. The maximum atomic E-state index is 11.2. The van der Waals surface area contributed by atoms with Crippen molar-refractivity contribution >= 4 is 11.9 Å². The third kappa shape index (κ3) is 2.44. The lowest BCUT2D eigenvalue weighted by Gasteiger charge is -2.32. The Morgan fingerprint density at radius 3 is 2.38 bits per heavy atom. The standard InChI is InChI=1S/C9H15NO3/c1-6(11)8(7-4-3-5-7)10-9(12)13-2/h7-8H,3-5H2,1-2H3,(H,10,12)/t8-/m1/s1. The van der Waals surface area contributed by atoms with E-state index < -0.39 is 6.09 Å². The summed E-state index contributed by atoms with van der Waals surface area (Å²) in [5, 5.41) is 2.56. The minimum atomic E-state index is -0.521. The van der Waals surface area contributed by atoms with Crippen LogP contribution in [-0.2, 0) is 9.53 Å². The van der Waals surface area contributed by atoms with Crippen LogP contribution in [-0.4, -0.2) is 25.0 Å². The molecule has 1 atom stereocenters. The molecular formula is C9H15NO3. The fourth-order valence-corrected chi connectivity index (χ4v) is 1.51. The van der Waals surface area contributed by atoms with E-state index >= 15 is 0 Å². The summed E-state index contributed by atoms with van der Waals surface area (Å²) in [5.41, 5.74) is 0.